The number of carbonyl (C=O) groups excluding carboxylic acids is 2. The molecule has 0 bridgehead atoms. The normalized spacial score (nSPS) is 16.8. The Bertz CT molecular complexity index is 1360. The van der Waals surface area contributed by atoms with E-state index in [0.29, 0.717) is 48.8 Å². The molecule has 0 unspecified atom stereocenters. The van der Waals surface area contributed by atoms with Crippen LogP contribution in [-0.4, -0.2) is 61.2 Å². The zero-order valence-electron chi connectivity index (χ0n) is 17.0. The summed E-state index contributed by atoms with van der Waals surface area (Å²) in [6.07, 6.45) is 0. The molecule has 1 aromatic heterocycles. The van der Waals surface area contributed by atoms with Gasteiger partial charge in [0.25, 0.3) is 5.91 Å². The average molecular weight is 452 g/mol. The molecular formula is C22H20N4O5S. The second kappa shape index (κ2) is 7.57. The first-order chi connectivity index (χ1) is 15.4. The Labute approximate surface area is 184 Å². The minimum Gasteiger partial charge on any atom is -0.378 e. The van der Waals surface area contributed by atoms with Gasteiger partial charge in [0.2, 0.25) is 5.91 Å². The lowest BCUT2D eigenvalue weighted by Gasteiger charge is -2.26. The van der Waals surface area contributed by atoms with Crippen molar-refractivity contribution < 1.29 is 22.7 Å². The van der Waals surface area contributed by atoms with E-state index in [2.05, 4.69) is 5.10 Å². The third-order valence-corrected chi connectivity index (χ3v) is 7.37. The summed E-state index contributed by atoms with van der Waals surface area (Å²) in [6, 6.07) is 13.2. The molecule has 164 valence electrons. The zero-order valence-corrected chi connectivity index (χ0v) is 17.8. The second-order valence-corrected chi connectivity index (χ2v) is 9.62. The topological polar surface area (TPSA) is 125 Å². The zero-order chi connectivity index (χ0) is 22.5. The monoisotopic (exact) mass is 452 g/mol. The molecule has 0 saturated carbocycles. The highest BCUT2D eigenvalue weighted by Crippen LogP contribution is 2.40. The van der Waals surface area contributed by atoms with Crippen molar-refractivity contribution in [3.63, 3.8) is 0 Å². The molecule has 0 atom stereocenters. The van der Waals surface area contributed by atoms with Crippen LogP contribution in [-0.2, 0) is 20.3 Å². The molecule has 2 amide bonds. The van der Waals surface area contributed by atoms with Crippen molar-refractivity contribution in [3.05, 3.63) is 65.4 Å². The summed E-state index contributed by atoms with van der Waals surface area (Å²) < 4.78 is 32.9. The molecule has 2 N–H and O–H groups in total. The Morgan fingerprint density at radius 1 is 1.03 bits per heavy atom. The number of sulfone groups is 1. The van der Waals surface area contributed by atoms with Gasteiger partial charge in [-0.1, -0.05) is 24.3 Å². The summed E-state index contributed by atoms with van der Waals surface area (Å²) in [5.41, 5.74) is 7.66. The van der Waals surface area contributed by atoms with Gasteiger partial charge in [-0.2, -0.15) is 5.10 Å². The molecule has 3 aromatic rings. The fraction of sp³-hybridized carbons (Fsp3) is 0.227. The van der Waals surface area contributed by atoms with Crippen molar-refractivity contribution in [2.75, 3.05) is 26.3 Å². The van der Waals surface area contributed by atoms with Crippen LogP contribution in [0.15, 0.2) is 53.4 Å². The number of primary amides is 1. The highest BCUT2D eigenvalue weighted by Gasteiger charge is 2.37. The van der Waals surface area contributed by atoms with Crippen LogP contribution in [0.3, 0.4) is 0 Å². The molecule has 2 aliphatic rings. The van der Waals surface area contributed by atoms with Gasteiger partial charge in [0.1, 0.15) is 0 Å². The van der Waals surface area contributed by atoms with Gasteiger partial charge in [-0.05, 0) is 24.3 Å². The number of nitrogens with two attached hydrogens (primary N) is 1. The van der Waals surface area contributed by atoms with Gasteiger partial charge in [0, 0.05) is 29.8 Å². The van der Waals surface area contributed by atoms with E-state index in [1.807, 2.05) is 0 Å². The van der Waals surface area contributed by atoms with Crippen molar-refractivity contribution in [3.8, 4) is 16.9 Å². The van der Waals surface area contributed by atoms with Crippen LogP contribution < -0.4 is 5.73 Å². The van der Waals surface area contributed by atoms with Gasteiger partial charge in [-0.25, -0.2) is 13.1 Å². The van der Waals surface area contributed by atoms with Gasteiger partial charge >= 0.3 is 0 Å². The molecule has 10 heteroatoms. The number of benzene rings is 2. The molecule has 0 radical (unpaired) electrons. The molecule has 9 nitrogen and oxygen atoms in total. The van der Waals surface area contributed by atoms with Crippen LogP contribution in [0.2, 0.25) is 0 Å². The Kier molecular flexibility index (Phi) is 4.83. The summed E-state index contributed by atoms with van der Waals surface area (Å²) in [6.45, 7) is 1.63. The van der Waals surface area contributed by atoms with Gasteiger partial charge in [-0.15, -0.1) is 0 Å². The van der Waals surface area contributed by atoms with Gasteiger partial charge < -0.3 is 15.4 Å². The number of carbonyl (C=O) groups is 2. The summed E-state index contributed by atoms with van der Waals surface area (Å²) in [5.74, 6) is -1.27. The molecule has 1 fully saturated rings. The number of fused-ring (bicyclic) bond motifs is 3. The Hall–Kier alpha value is -3.50. The lowest BCUT2D eigenvalue weighted by Crippen LogP contribution is -2.41. The number of hydrogen-bond donors (Lipinski definition) is 1. The Balaban J connectivity index is 1.76. The number of hydrogen-bond acceptors (Lipinski definition) is 6. The summed E-state index contributed by atoms with van der Waals surface area (Å²) >= 11 is 0. The number of aromatic nitrogens is 2. The molecule has 0 aliphatic carbocycles. The highest BCUT2D eigenvalue weighted by molar-refractivity contribution is 7.90. The van der Waals surface area contributed by atoms with Crippen LogP contribution in [0.1, 0.15) is 26.4 Å². The maximum Gasteiger partial charge on any atom is 0.274 e. The molecule has 1 saturated heterocycles. The van der Waals surface area contributed by atoms with Crippen molar-refractivity contribution in [2.45, 2.75) is 10.6 Å². The van der Waals surface area contributed by atoms with Crippen LogP contribution in [0.5, 0.6) is 0 Å². The number of morpholine rings is 1. The summed E-state index contributed by atoms with van der Waals surface area (Å²) in [5, 5.41) is 4.57. The fourth-order valence-electron chi connectivity index (χ4n) is 4.13. The maximum atomic E-state index is 13.3. The first kappa shape index (κ1) is 20.4. The smallest absolute Gasteiger partial charge is 0.274 e. The van der Waals surface area contributed by atoms with E-state index in [1.165, 1.54) is 4.68 Å². The lowest BCUT2D eigenvalue weighted by atomic mass is 10.0. The molecule has 2 aliphatic heterocycles. The molecule has 32 heavy (non-hydrogen) atoms. The number of rotatable bonds is 3. The van der Waals surface area contributed by atoms with Gasteiger partial charge in [-0.3, -0.25) is 9.59 Å². The quantitative estimate of drug-likeness (QED) is 0.640. The molecule has 2 aromatic carbocycles. The minimum atomic E-state index is -3.66. The van der Waals surface area contributed by atoms with Crippen molar-refractivity contribution in [2.24, 2.45) is 5.73 Å². The van der Waals surface area contributed by atoms with Crippen LogP contribution in [0.25, 0.3) is 16.9 Å². The van der Waals surface area contributed by atoms with Gasteiger partial charge in [0.05, 0.1) is 35.2 Å². The second-order valence-electron chi connectivity index (χ2n) is 7.66. The standard InChI is InChI=1S/C22H20N4O5S/c23-21(27)14-4-3-5-15(12-14)26-20-16-6-1-2-7-18(16)32(29,30)13-17(20)19(24-26)22(28)25-8-10-31-11-9-25/h1-7,12H,8-11,13H2,(H2,23,27). The SMILES string of the molecule is NC(=O)c1cccc(-n2nc(C(=O)N3CCOCC3)c3c2-c2ccccc2S(=O)(=O)C3)c1. The predicted octanol–water partition coefficient (Wildman–Crippen LogP) is 1.40. The van der Waals surface area contributed by atoms with E-state index in [-0.39, 0.29) is 27.8 Å². The third-order valence-electron chi connectivity index (χ3n) is 5.67. The Morgan fingerprint density at radius 3 is 2.53 bits per heavy atom. The van der Waals surface area contributed by atoms with E-state index < -0.39 is 15.7 Å². The maximum absolute atomic E-state index is 13.3. The van der Waals surface area contributed by atoms with E-state index in [1.54, 1.807) is 53.4 Å². The number of ether oxygens (including phenoxy) is 1. The molecule has 0 spiro atoms. The minimum absolute atomic E-state index is 0.0875. The van der Waals surface area contributed by atoms with Crippen LogP contribution in [0.4, 0.5) is 0 Å². The Morgan fingerprint density at radius 2 is 1.78 bits per heavy atom. The van der Waals surface area contributed by atoms with Crippen LogP contribution >= 0.6 is 0 Å². The molecular weight excluding hydrogens is 432 g/mol. The van der Waals surface area contributed by atoms with Crippen molar-refractivity contribution in [1.29, 1.82) is 0 Å². The molecule has 3 heterocycles. The number of nitrogens with zero attached hydrogens (tertiary/aromatic N) is 3. The van der Waals surface area contributed by atoms with Crippen molar-refractivity contribution in [1.82, 2.24) is 14.7 Å². The fourth-order valence-corrected chi connectivity index (χ4v) is 5.73. The highest BCUT2D eigenvalue weighted by atomic mass is 32.2. The van der Waals surface area contributed by atoms with Crippen LogP contribution in [0, 0.1) is 0 Å². The summed E-state index contributed by atoms with van der Waals surface area (Å²) in [4.78, 5) is 26.9. The number of amides is 2. The average Bonchev–Trinajstić information content (AvgIpc) is 3.18. The summed E-state index contributed by atoms with van der Waals surface area (Å²) in [7, 11) is -3.66. The van der Waals surface area contributed by atoms with E-state index in [9.17, 15) is 18.0 Å². The van der Waals surface area contributed by atoms with Gasteiger partial charge in [0.15, 0.2) is 15.5 Å². The van der Waals surface area contributed by atoms with E-state index in [4.69, 9.17) is 10.5 Å². The third kappa shape index (κ3) is 3.28. The first-order valence-electron chi connectivity index (χ1n) is 10.1. The van der Waals surface area contributed by atoms with E-state index >= 15 is 0 Å². The lowest BCUT2D eigenvalue weighted by molar-refractivity contribution is 0.0298. The van der Waals surface area contributed by atoms with Crippen molar-refractivity contribution >= 4 is 21.7 Å². The predicted molar refractivity (Wildman–Crippen MR) is 115 cm³/mol. The largest absolute Gasteiger partial charge is 0.378 e. The molecule has 5 rings (SSSR count). The van der Waals surface area contributed by atoms with E-state index in [0.717, 1.165) is 0 Å². The first-order valence-corrected chi connectivity index (χ1v) is 11.7.